The average molecular weight is 358 g/mol. The Morgan fingerprint density at radius 3 is 2.59 bits per heavy atom. The molecule has 3 heteroatoms. The third kappa shape index (κ3) is 3.24. The normalized spacial score (nSPS) is 9.73. The minimum atomic E-state index is 0. The molecule has 0 saturated carbocycles. The first-order chi connectivity index (χ1) is 9.72. The number of benzene rings is 2. The molecule has 0 aliphatic heterocycles. The van der Waals surface area contributed by atoms with Crippen LogP contribution >= 0.6 is 0 Å². The summed E-state index contributed by atoms with van der Waals surface area (Å²) in [4.78, 5) is 0. The Balaban J connectivity index is 0.00000121. The van der Waals surface area contributed by atoms with Crippen LogP contribution in [0.15, 0.2) is 48.7 Å². The van der Waals surface area contributed by atoms with E-state index in [1.54, 1.807) is 6.08 Å². The fraction of sp³-hybridized carbons (Fsp3) is 0.105. The molecular formula is C19H16BNY-. The van der Waals surface area contributed by atoms with Gasteiger partial charge in [0.25, 0.3) is 0 Å². The number of nitrogens with zero attached hydrogens (tertiary/aromatic N) is 1. The molecule has 0 saturated heterocycles. The summed E-state index contributed by atoms with van der Waals surface area (Å²) in [5, 5.41) is 2.53. The molecule has 0 spiro atoms. The molecule has 0 bridgehead atoms. The van der Waals surface area contributed by atoms with Crippen LogP contribution in [0.2, 0.25) is 0 Å². The van der Waals surface area contributed by atoms with E-state index >= 15 is 0 Å². The first kappa shape index (κ1) is 18.8. The van der Waals surface area contributed by atoms with Crippen molar-refractivity contribution >= 4 is 25.3 Å². The van der Waals surface area contributed by atoms with Gasteiger partial charge >= 0.3 is 0 Å². The van der Waals surface area contributed by atoms with Crippen LogP contribution in [0.5, 0.6) is 0 Å². The van der Waals surface area contributed by atoms with Gasteiger partial charge in [-0.1, -0.05) is 36.4 Å². The van der Waals surface area contributed by atoms with Crippen molar-refractivity contribution in [1.29, 1.82) is 0 Å². The number of pyridine rings is 1. The van der Waals surface area contributed by atoms with Gasteiger partial charge in [0.05, 0.1) is 11.9 Å². The van der Waals surface area contributed by atoms with Crippen molar-refractivity contribution in [2.45, 2.75) is 6.92 Å². The van der Waals surface area contributed by atoms with Gasteiger partial charge in [-0.15, -0.1) is 6.07 Å². The van der Waals surface area contributed by atoms with E-state index in [-0.39, 0.29) is 41.1 Å². The summed E-state index contributed by atoms with van der Waals surface area (Å²) in [6, 6.07) is 17.8. The van der Waals surface area contributed by atoms with Crippen molar-refractivity contribution in [3.63, 3.8) is 0 Å². The van der Waals surface area contributed by atoms with E-state index in [2.05, 4.69) is 54.0 Å². The first-order valence-electron chi connectivity index (χ1n) is 6.66. The van der Waals surface area contributed by atoms with Crippen LogP contribution in [0.1, 0.15) is 11.1 Å². The molecule has 0 unspecified atom stereocenters. The van der Waals surface area contributed by atoms with E-state index in [0.29, 0.717) is 0 Å². The predicted molar refractivity (Wildman–Crippen MR) is 88.7 cm³/mol. The topological polar surface area (TPSA) is 3.88 Å². The van der Waals surface area contributed by atoms with Gasteiger partial charge in [0, 0.05) is 41.1 Å². The van der Waals surface area contributed by atoms with Crippen LogP contribution in [0.4, 0.5) is 0 Å². The van der Waals surface area contributed by atoms with E-state index in [4.69, 9.17) is 6.58 Å². The molecule has 104 valence electrons. The summed E-state index contributed by atoms with van der Waals surface area (Å²) in [6.45, 7) is 7.91. The molecule has 0 aliphatic rings. The third-order valence-electron chi connectivity index (χ3n) is 3.76. The summed E-state index contributed by atoms with van der Waals surface area (Å²) in [5.74, 6) is 0. The number of aryl methyl sites for hydroxylation is 2. The quantitative estimate of drug-likeness (QED) is 0.375. The number of hydrogen-bond acceptors (Lipinski definition) is 0. The Morgan fingerprint density at radius 2 is 1.86 bits per heavy atom. The molecule has 22 heavy (non-hydrogen) atoms. The van der Waals surface area contributed by atoms with Gasteiger partial charge in [0.15, 0.2) is 0 Å². The van der Waals surface area contributed by atoms with Gasteiger partial charge in [-0.05, 0) is 28.8 Å². The zero-order valence-corrected chi connectivity index (χ0v) is 15.7. The third-order valence-corrected chi connectivity index (χ3v) is 3.76. The largest absolute Gasteiger partial charge is 0.344 e. The van der Waals surface area contributed by atoms with Gasteiger partial charge in [0.1, 0.15) is 7.05 Å². The fourth-order valence-electron chi connectivity index (χ4n) is 2.72. The van der Waals surface area contributed by atoms with Crippen molar-refractivity contribution < 1.29 is 37.3 Å². The Labute approximate surface area is 159 Å². The van der Waals surface area contributed by atoms with Crippen molar-refractivity contribution in [2.24, 2.45) is 7.05 Å². The molecule has 3 aromatic rings. The minimum absolute atomic E-state index is 0. The van der Waals surface area contributed by atoms with Gasteiger partial charge in [-0.2, -0.15) is 0 Å². The van der Waals surface area contributed by atoms with Crippen molar-refractivity contribution in [2.75, 3.05) is 0 Å². The van der Waals surface area contributed by atoms with Crippen LogP contribution in [0, 0.1) is 19.6 Å². The molecule has 1 aromatic heterocycles. The maximum absolute atomic E-state index is 5.75. The van der Waals surface area contributed by atoms with E-state index in [0.717, 1.165) is 11.3 Å². The van der Waals surface area contributed by atoms with Crippen LogP contribution < -0.4 is 4.57 Å². The molecule has 0 atom stereocenters. The Bertz CT molecular complexity index is 812. The van der Waals surface area contributed by atoms with E-state index in [1.165, 1.54) is 21.9 Å². The molecule has 4 radical (unpaired) electrons. The van der Waals surface area contributed by atoms with Gasteiger partial charge in [-0.3, -0.25) is 4.57 Å². The van der Waals surface area contributed by atoms with Gasteiger partial charge < -0.3 is 12.7 Å². The zero-order valence-electron chi connectivity index (χ0n) is 12.9. The molecule has 0 aliphatic carbocycles. The second-order valence-electron chi connectivity index (χ2n) is 4.96. The standard InChI is InChI=1S/C19H16N.B.Y/c1-4-15-9-7-13-20(3)19(15)18-12-11-16-8-5-6-10-17(16)14(18)2;;/h1,4-8,10-13H,2-3H3;;/q-1;;. The van der Waals surface area contributed by atoms with Crippen LogP contribution in [0.3, 0.4) is 0 Å². The summed E-state index contributed by atoms with van der Waals surface area (Å²) in [6.07, 6.45) is 3.61. The van der Waals surface area contributed by atoms with Crippen molar-refractivity contribution in [3.05, 3.63) is 72.4 Å². The Kier molecular flexibility index (Phi) is 6.71. The predicted octanol–water partition coefficient (Wildman–Crippen LogP) is 3.50. The summed E-state index contributed by atoms with van der Waals surface area (Å²) in [5.41, 5.74) is 4.48. The summed E-state index contributed by atoms with van der Waals surface area (Å²) >= 11 is 0. The number of aromatic nitrogens is 1. The zero-order chi connectivity index (χ0) is 14.1. The molecule has 0 amide bonds. The number of fused-ring (bicyclic) bond motifs is 1. The SMILES string of the molecule is [B].[CH-]=Cc1[c-]cc[n+](C)c1-c1ccc2ccccc2c1C.[Y]. The summed E-state index contributed by atoms with van der Waals surface area (Å²) < 4.78 is 2.09. The van der Waals surface area contributed by atoms with Crippen molar-refractivity contribution in [1.82, 2.24) is 0 Å². The maximum Gasteiger partial charge on any atom is 0.119 e. The van der Waals surface area contributed by atoms with Gasteiger partial charge in [0.2, 0.25) is 0 Å². The Morgan fingerprint density at radius 1 is 1.14 bits per heavy atom. The molecule has 2 aromatic carbocycles. The molecule has 1 heterocycles. The Hall–Kier alpha value is -1.24. The maximum atomic E-state index is 5.75. The minimum Gasteiger partial charge on any atom is -0.344 e. The first-order valence-corrected chi connectivity index (χ1v) is 6.66. The fourth-order valence-corrected chi connectivity index (χ4v) is 2.72. The molecule has 1 nitrogen and oxygen atoms in total. The smallest absolute Gasteiger partial charge is 0.119 e. The van der Waals surface area contributed by atoms with E-state index < -0.39 is 0 Å². The number of rotatable bonds is 2. The van der Waals surface area contributed by atoms with Gasteiger partial charge in [-0.25, -0.2) is 11.6 Å². The summed E-state index contributed by atoms with van der Waals surface area (Å²) in [7, 11) is 2.03. The van der Waals surface area contributed by atoms with Crippen LogP contribution in [0.25, 0.3) is 28.1 Å². The molecule has 0 N–H and O–H groups in total. The van der Waals surface area contributed by atoms with E-state index in [1.807, 2.05) is 19.3 Å². The van der Waals surface area contributed by atoms with E-state index in [9.17, 15) is 0 Å². The number of hydrogen-bond donors (Lipinski definition) is 0. The van der Waals surface area contributed by atoms with Crippen LogP contribution in [-0.2, 0) is 39.8 Å². The average Bonchev–Trinajstić information content (AvgIpc) is 2.48. The molecule has 3 rings (SSSR count). The monoisotopic (exact) mass is 358 g/mol. The van der Waals surface area contributed by atoms with Crippen LogP contribution in [-0.4, -0.2) is 8.41 Å². The second kappa shape index (κ2) is 7.85. The van der Waals surface area contributed by atoms with Crippen molar-refractivity contribution in [3.8, 4) is 11.3 Å². The second-order valence-corrected chi connectivity index (χ2v) is 4.96. The molecular weight excluding hydrogens is 342 g/mol. The molecule has 0 fully saturated rings.